The number of nitrogens with zero attached hydrogens (tertiary/aromatic N) is 1. The van der Waals surface area contributed by atoms with Crippen molar-refractivity contribution >= 4 is 22.9 Å². The van der Waals surface area contributed by atoms with Gasteiger partial charge >= 0.3 is 0 Å². The average molecular weight is 369 g/mol. The number of aromatic nitrogens is 1. The van der Waals surface area contributed by atoms with E-state index in [1.807, 2.05) is 0 Å². The number of nitrogens with two attached hydrogens (primary N) is 1. The van der Waals surface area contributed by atoms with Gasteiger partial charge in [0.2, 0.25) is 0 Å². The van der Waals surface area contributed by atoms with E-state index < -0.39 is 0 Å². The first-order valence-electron chi connectivity index (χ1n) is 7.72. The van der Waals surface area contributed by atoms with Crippen molar-refractivity contribution < 1.29 is 21.5 Å². The Balaban J connectivity index is 0.00000192. The van der Waals surface area contributed by atoms with Crippen LogP contribution in [0.4, 0.5) is 0 Å². The normalized spacial score (nSPS) is 10.8. The van der Waals surface area contributed by atoms with Gasteiger partial charge in [-0.15, -0.1) is 0 Å². The molecule has 0 spiro atoms. The summed E-state index contributed by atoms with van der Waals surface area (Å²) in [6, 6.07) is 19.2. The molecule has 2 aromatic carbocycles. The summed E-state index contributed by atoms with van der Waals surface area (Å²) in [7, 11) is 0. The van der Waals surface area contributed by atoms with Gasteiger partial charge in [-0.1, -0.05) is 54.6 Å². The fraction of sp³-hybridized carbons (Fsp3) is 0.150. The van der Waals surface area contributed by atoms with Crippen molar-refractivity contribution in [3.05, 3.63) is 78.1 Å². The Morgan fingerprint density at radius 1 is 0.870 bits per heavy atom. The number of benzene rings is 2. The molecule has 0 bridgehead atoms. The lowest BCUT2D eigenvalue weighted by Gasteiger charge is -2.01. The van der Waals surface area contributed by atoms with Crippen LogP contribution < -0.4 is 27.3 Å². The molecule has 0 aliphatic carbocycles. The van der Waals surface area contributed by atoms with Gasteiger partial charge < -0.3 is 22.7 Å². The maximum absolute atomic E-state index is 5.54. The summed E-state index contributed by atoms with van der Waals surface area (Å²) in [5.74, 6) is 0. The molecule has 0 radical (unpaired) electrons. The Morgan fingerprint density at radius 2 is 1.61 bits per heavy atom. The summed E-state index contributed by atoms with van der Waals surface area (Å²) in [6.45, 7) is 1.71. The predicted molar refractivity (Wildman–Crippen MR) is 93.2 cm³/mol. The molecule has 2 N–H and O–H groups in total. The minimum atomic E-state index is 0. The van der Waals surface area contributed by atoms with Gasteiger partial charge in [0, 0.05) is 18.6 Å². The highest BCUT2D eigenvalue weighted by molar-refractivity contribution is 5.92. The molecule has 2 nitrogen and oxygen atoms in total. The monoisotopic (exact) mass is 368 g/mol. The van der Waals surface area contributed by atoms with Crippen molar-refractivity contribution in [2.45, 2.75) is 13.0 Å². The third-order valence-corrected chi connectivity index (χ3v) is 3.82. The SMILES string of the molecule is NCCC[n+]1ccc(/C=C/c2cccc3ccccc23)cc1.[Br-]. The van der Waals surface area contributed by atoms with E-state index in [0.29, 0.717) is 0 Å². The van der Waals surface area contributed by atoms with E-state index in [-0.39, 0.29) is 17.0 Å². The van der Waals surface area contributed by atoms with Crippen LogP contribution in [0.3, 0.4) is 0 Å². The van der Waals surface area contributed by atoms with Crippen LogP contribution in [0, 0.1) is 0 Å². The number of rotatable bonds is 5. The zero-order chi connectivity index (χ0) is 15.2. The van der Waals surface area contributed by atoms with Gasteiger partial charge in [-0.25, -0.2) is 4.57 Å². The van der Waals surface area contributed by atoms with Crippen molar-refractivity contribution in [1.82, 2.24) is 0 Å². The topological polar surface area (TPSA) is 29.9 Å². The lowest BCUT2D eigenvalue weighted by atomic mass is 10.0. The van der Waals surface area contributed by atoms with Crippen LogP contribution in [0.15, 0.2) is 67.0 Å². The molecular formula is C20H21BrN2. The molecule has 0 aliphatic heterocycles. The number of pyridine rings is 1. The third-order valence-electron chi connectivity index (χ3n) is 3.82. The third kappa shape index (κ3) is 4.50. The molecule has 0 saturated heterocycles. The summed E-state index contributed by atoms with van der Waals surface area (Å²) < 4.78 is 2.17. The maximum atomic E-state index is 5.54. The van der Waals surface area contributed by atoms with E-state index >= 15 is 0 Å². The van der Waals surface area contributed by atoms with Crippen LogP contribution in [0.1, 0.15) is 17.5 Å². The number of aryl methyl sites for hydroxylation is 1. The van der Waals surface area contributed by atoms with Crippen molar-refractivity contribution in [3.63, 3.8) is 0 Å². The zero-order valence-corrected chi connectivity index (χ0v) is 14.6. The van der Waals surface area contributed by atoms with E-state index in [0.717, 1.165) is 19.5 Å². The molecule has 0 saturated carbocycles. The molecule has 0 aliphatic rings. The largest absolute Gasteiger partial charge is 1.00 e. The Hall–Kier alpha value is -1.97. The van der Waals surface area contributed by atoms with Crippen molar-refractivity contribution in [2.75, 3.05) is 6.54 Å². The van der Waals surface area contributed by atoms with E-state index in [4.69, 9.17) is 5.73 Å². The van der Waals surface area contributed by atoms with Crippen molar-refractivity contribution in [1.29, 1.82) is 0 Å². The second-order valence-corrected chi connectivity index (χ2v) is 5.41. The quantitative estimate of drug-likeness (QED) is 0.658. The number of fused-ring (bicyclic) bond motifs is 1. The smallest absolute Gasteiger partial charge is 0.169 e. The summed E-state index contributed by atoms with van der Waals surface area (Å²) in [5.41, 5.74) is 7.99. The second-order valence-electron chi connectivity index (χ2n) is 5.41. The van der Waals surface area contributed by atoms with Crippen LogP contribution in [0.5, 0.6) is 0 Å². The lowest BCUT2D eigenvalue weighted by Crippen LogP contribution is -3.00. The van der Waals surface area contributed by atoms with Gasteiger partial charge in [0.25, 0.3) is 0 Å². The Bertz CT molecular complexity index is 774. The summed E-state index contributed by atoms with van der Waals surface area (Å²) in [4.78, 5) is 0. The first-order valence-corrected chi connectivity index (χ1v) is 7.72. The maximum Gasteiger partial charge on any atom is 0.169 e. The summed E-state index contributed by atoms with van der Waals surface area (Å²) in [5, 5.41) is 2.56. The standard InChI is InChI=1S/C20H21N2.BrH/c21-13-4-14-22-15-11-17(12-16-22)9-10-19-7-3-6-18-5-1-2-8-20(18)19;/h1-3,5-12,15-16H,4,13-14,21H2;1H/q+1;/p-1/b10-9+;. The number of halogens is 1. The highest BCUT2D eigenvalue weighted by Gasteiger charge is 1.99. The highest BCUT2D eigenvalue weighted by atomic mass is 79.9. The van der Waals surface area contributed by atoms with Gasteiger partial charge in [0.1, 0.15) is 6.54 Å². The van der Waals surface area contributed by atoms with Crippen LogP contribution >= 0.6 is 0 Å². The zero-order valence-electron chi connectivity index (χ0n) is 13.0. The molecule has 3 aromatic rings. The predicted octanol–water partition coefficient (Wildman–Crippen LogP) is 0.651. The Morgan fingerprint density at radius 3 is 2.39 bits per heavy atom. The molecule has 0 atom stereocenters. The van der Waals surface area contributed by atoms with E-state index in [9.17, 15) is 0 Å². The van der Waals surface area contributed by atoms with Crippen LogP contribution in [0.2, 0.25) is 0 Å². The van der Waals surface area contributed by atoms with E-state index in [2.05, 4.69) is 83.7 Å². The minimum absolute atomic E-state index is 0. The van der Waals surface area contributed by atoms with Gasteiger partial charge in [0.05, 0.1) is 0 Å². The molecule has 1 heterocycles. The second kappa shape index (κ2) is 8.61. The van der Waals surface area contributed by atoms with E-state index in [1.165, 1.54) is 21.9 Å². The van der Waals surface area contributed by atoms with Crippen LogP contribution in [0.25, 0.3) is 22.9 Å². The fourth-order valence-corrected chi connectivity index (χ4v) is 2.58. The molecule has 23 heavy (non-hydrogen) atoms. The average Bonchev–Trinajstić information content (AvgIpc) is 2.59. The Labute approximate surface area is 148 Å². The molecule has 3 heteroatoms. The lowest BCUT2D eigenvalue weighted by molar-refractivity contribution is -0.697. The first kappa shape index (κ1) is 17.4. The molecular weight excluding hydrogens is 348 g/mol. The first-order chi connectivity index (χ1) is 10.9. The van der Waals surface area contributed by atoms with Gasteiger partial charge in [-0.05, 0) is 28.4 Å². The number of hydrogen-bond donors (Lipinski definition) is 1. The summed E-state index contributed by atoms with van der Waals surface area (Å²) >= 11 is 0. The van der Waals surface area contributed by atoms with Gasteiger partial charge in [-0.2, -0.15) is 0 Å². The molecule has 3 rings (SSSR count). The summed E-state index contributed by atoms with van der Waals surface area (Å²) in [6.07, 6.45) is 9.57. The van der Waals surface area contributed by atoms with Crippen molar-refractivity contribution in [2.24, 2.45) is 5.73 Å². The van der Waals surface area contributed by atoms with Gasteiger partial charge in [-0.3, -0.25) is 0 Å². The van der Waals surface area contributed by atoms with Crippen LogP contribution in [-0.2, 0) is 6.54 Å². The highest BCUT2D eigenvalue weighted by Crippen LogP contribution is 2.20. The Kier molecular flexibility index (Phi) is 6.51. The molecule has 118 valence electrons. The molecule has 1 aromatic heterocycles. The van der Waals surface area contributed by atoms with E-state index in [1.54, 1.807) is 0 Å². The fourth-order valence-electron chi connectivity index (χ4n) is 2.58. The van der Waals surface area contributed by atoms with Gasteiger partial charge in [0.15, 0.2) is 12.4 Å². The van der Waals surface area contributed by atoms with Crippen molar-refractivity contribution in [3.8, 4) is 0 Å². The molecule has 0 fully saturated rings. The van der Waals surface area contributed by atoms with Crippen LogP contribution in [-0.4, -0.2) is 6.54 Å². The molecule has 0 amide bonds. The molecule has 0 unspecified atom stereocenters. The number of hydrogen-bond acceptors (Lipinski definition) is 1. The minimum Gasteiger partial charge on any atom is -1.00 e.